The zero-order valence-corrected chi connectivity index (χ0v) is 18.1. The minimum atomic E-state index is -0.910. The summed E-state index contributed by atoms with van der Waals surface area (Å²) in [4.78, 5) is 36.8. The molecule has 0 spiro atoms. The molecule has 0 atom stereocenters. The lowest BCUT2D eigenvalue weighted by molar-refractivity contribution is -0.137. The summed E-state index contributed by atoms with van der Waals surface area (Å²) in [5.74, 6) is -1.16. The minimum absolute atomic E-state index is 0.0187. The van der Waals surface area contributed by atoms with E-state index in [1.807, 2.05) is 36.4 Å². The Labute approximate surface area is 190 Å². The number of nitrogens with one attached hydrogen (secondary N) is 2. The molecule has 0 bridgehead atoms. The number of benzene rings is 2. The van der Waals surface area contributed by atoms with Crippen LogP contribution in [0.4, 0.5) is 10.6 Å². The van der Waals surface area contributed by atoms with E-state index in [1.54, 1.807) is 7.05 Å². The fourth-order valence-electron chi connectivity index (χ4n) is 4.01. The maximum Gasteiger partial charge on any atom is 0.412 e. The van der Waals surface area contributed by atoms with E-state index in [9.17, 15) is 14.4 Å². The Morgan fingerprint density at radius 3 is 2.36 bits per heavy atom. The van der Waals surface area contributed by atoms with Crippen LogP contribution in [0.1, 0.15) is 40.4 Å². The van der Waals surface area contributed by atoms with Gasteiger partial charge in [0, 0.05) is 32.0 Å². The van der Waals surface area contributed by atoms with Crippen molar-refractivity contribution >= 4 is 23.8 Å². The summed E-state index contributed by atoms with van der Waals surface area (Å²) < 4.78 is 5.48. The largest absolute Gasteiger partial charge is 0.481 e. The van der Waals surface area contributed by atoms with Gasteiger partial charge in [0.05, 0.1) is 0 Å². The quantitative estimate of drug-likeness (QED) is 0.483. The van der Waals surface area contributed by atoms with Crippen LogP contribution in [0.15, 0.2) is 54.6 Å². The third kappa shape index (κ3) is 4.87. The highest BCUT2D eigenvalue weighted by molar-refractivity contribution is 5.94. The van der Waals surface area contributed by atoms with Crippen LogP contribution < -0.4 is 5.32 Å². The monoisotopic (exact) mass is 448 g/mol. The third-order valence-electron chi connectivity index (χ3n) is 5.61. The Bertz CT molecular complexity index is 1140. The van der Waals surface area contributed by atoms with Crippen molar-refractivity contribution in [1.82, 2.24) is 15.1 Å². The molecule has 2 amide bonds. The molecule has 0 fully saturated rings. The van der Waals surface area contributed by atoms with Gasteiger partial charge in [0.25, 0.3) is 5.91 Å². The smallest absolute Gasteiger partial charge is 0.412 e. The van der Waals surface area contributed by atoms with Crippen LogP contribution in [0, 0.1) is 0 Å². The van der Waals surface area contributed by atoms with Crippen molar-refractivity contribution < 1.29 is 24.2 Å². The number of aliphatic carboxylic acids is 1. The number of carbonyl (C=O) groups is 3. The number of aromatic nitrogens is 2. The molecule has 1 aliphatic rings. The Morgan fingerprint density at radius 2 is 1.73 bits per heavy atom. The Balaban J connectivity index is 1.34. The lowest BCUT2D eigenvalue weighted by atomic mass is 9.98. The SMILES string of the molecule is CN(CCCC(=O)O)C(=O)c1cc(NC(=O)OCC2c3ccccc3-c3ccccc32)n[nH]1. The topological polar surface area (TPSA) is 125 Å². The maximum atomic E-state index is 12.4. The maximum absolute atomic E-state index is 12.4. The second kappa shape index (κ2) is 9.56. The Kier molecular flexibility index (Phi) is 6.39. The molecule has 0 unspecified atom stereocenters. The lowest BCUT2D eigenvalue weighted by Gasteiger charge is -2.15. The molecule has 0 saturated heterocycles. The number of anilines is 1. The third-order valence-corrected chi connectivity index (χ3v) is 5.61. The number of ether oxygens (including phenoxy) is 1. The molecule has 0 aliphatic heterocycles. The summed E-state index contributed by atoms with van der Waals surface area (Å²) in [6.07, 6.45) is -0.344. The number of carbonyl (C=O) groups excluding carboxylic acids is 2. The number of hydrogen-bond acceptors (Lipinski definition) is 5. The van der Waals surface area contributed by atoms with E-state index >= 15 is 0 Å². The highest BCUT2D eigenvalue weighted by Crippen LogP contribution is 2.44. The highest BCUT2D eigenvalue weighted by atomic mass is 16.5. The van der Waals surface area contributed by atoms with Gasteiger partial charge >= 0.3 is 12.1 Å². The summed E-state index contributed by atoms with van der Waals surface area (Å²) in [5, 5.41) is 17.8. The van der Waals surface area contributed by atoms with Crippen molar-refractivity contribution in [1.29, 1.82) is 0 Å². The first kappa shape index (κ1) is 22.1. The van der Waals surface area contributed by atoms with E-state index in [-0.39, 0.29) is 36.4 Å². The molecule has 0 radical (unpaired) electrons. The molecular weight excluding hydrogens is 424 g/mol. The molecule has 9 nitrogen and oxygen atoms in total. The van der Waals surface area contributed by atoms with Crippen molar-refractivity contribution in [2.24, 2.45) is 0 Å². The van der Waals surface area contributed by atoms with Gasteiger partial charge in [-0.15, -0.1) is 0 Å². The molecule has 3 N–H and O–H groups in total. The van der Waals surface area contributed by atoms with Crippen LogP contribution in [0.5, 0.6) is 0 Å². The first-order valence-corrected chi connectivity index (χ1v) is 10.6. The van der Waals surface area contributed by atoms with Crippen molar-refractivity contribution in [2.75, 3.05) is 25.5 Å². The molecular formula is C24H24N4O5. The molecule has 2 aromatic carbocycles. The highest BCUT2D eigenvalue weighted by Gasteiger charge is 2.29. The molecule has 1 aromatic heterocycles. The average Bonchev–Trinajstić information content (AvgIpc) is 3.39. The minimum Gasteiger partial charge on any atom is -0.481 e. The average molecular weight is 448 g/mol. The van der Waals surface area contributed by atoms with E-state index in [1.165, 1.54) is 11.0 Å². The van der Waals surface area contributed by atoms with E-state index < -0.39 is 12.1 Å². The number of aromatic amines is 1. The van der Waals surface area contributed by atoms with Gasteiger partial charge in [-0.05, 0) is 28.7 Å². The normalized spacial score (nSPS) is 12.0. The fraction of sp³-hybridized carbons (Fsp3) is 0.250. The molecule has 1 aliphatic carbocycles. The van der Waals surface area contributed by atoms with Gasteiger partial charge < -0.3 is 14.7 Å². The summed E-state index contributed by atoms with van der Waals surface area (Å²) in [6.45, 7) is 0.460. The number of carboxylic acid groups (broad SMARTS) is 1. The molecule has 33 heavy (non-hydrogen) atoms. The summed E-state index contributed by atoms with van der Waals surface area (Å²) >= 11 is 0. The van der Waals surface area contributed by atoms with Gasteiger partial charge in [-0.25, -0.2) is 4.79 Å². The number of rotatable bonds is 8. The van der Waals surface area contributed by atoms with E-state index in [2.05, 4.69) is 27.6 Å². The predicted molar refractivity (Wildman–Crippen MR) is 121 cm³/mol. The van der Waals surface area contributed by atoms with Crippen molar-refractivity contribution in [3.05, 3.63) is 71.4 Å². The first-order chi connectivity index (χ1) is 15.9. The van der Waals surface area contributed by atoms with Crippen molar-refractivity contribution in [2.45, 2.75) is 18.8 Å². The molecule has 4 rings (SSSR count). The number of H-pyrrole nitrogens is 1. The van der Waals surface area contributed by atoms with E-state index in [4.69, 9.17) is 9.84 Å². The van der Waals surface area contributed by atoms with Crippen LogP contribution in [-0.4, -0.2) is 58.4 Å². The molecule has 9 heteroatoms. The summed E-state index contributed by atoms with van der Waals surface area (Å²) in [7, 11) is 1.57. The van der Waals surface area contributed by atoms with Gasteiger partial charge in [-0.3, -0.25) is 20.0 Å². The zero-order chi connectivity index (χ0) is 23.4. The number of amides is 2. The van der Waals surface area contributed by atoms with Crippen LogP contribution >= 0.6 is 0 Å². The number of nitrogens with zero attached hydrogens (tertiary/aromatic N) is 2. The molecule has 0 saturated carbocycles. The van der Waals surface area contributed by atoms with Crippen LogP contribution in [0.3, 0.4) is 0 Å². The molecule has 1 heterocycles. The second-order valence-electron chi connectivity index (χ2n) is 7.84. The van der Waals surface area contributed by atoms with Crippen molar-refractivity contribution in [3.63, 3.8) is 0 Å². The van der Waals surface area contributed by atoms with Crippen LogP contribution in [-0.2, 0) is 9.53 Å². The van der Waals surface area contributed by atoms with Gasteiger partial charge in [-0.1, -0.05) is 48.5 Å². The van der Waals surface area contributed by atoms with Gasteiger partial charge in [-0.2, -0.15) is 5.10 Å². The number of carboxylic acids is 1. The zero-order valence-electron chi connectivity index (χ0n) is 18.1. The fourth-order valence-corrected chi connectivity index (χ4v) is 4.01. The van der Waals surface area contributed by atoms with E-state index in [0.29, 0.717) is 13.0 Å². The number of fused-ring (bicyclic) bond motifs is 3. The van der Waals surface area contributed by atoms with Crippen LogP contribution in [0.25, 0.3) is 11.1 Å². The Hall–Kier alpha value is -4.14. The first-order valence-electron chi connectivity index (χ1n) is 10.6. The van der Waals surface area contributed by atoms with Crippen molar-refractivity contribution in [3.8, 4) is 11.1 Å². The number of hydrogen-bond donors (Lipinski definition) is 3. The summed E-state index contributed by atoms with van der Waals surface area (Å²) in [5.41, 5.74) is 4.70. The van der Waals surface area contributed by atoms with E-state index in [0.717, 1.165) is 22.3 Å². The lowest BCUT2D eigenvalue weighted by Crippen LogP contribution is -2.28. The Morgan fingerprint density at radius 1 is 1.09 bits per heavy atom. The summed E-state index contributed by atoms with van der Waals surface area (Å²) in [6, 6.07) is 17.6. The predicted octanol–water partition coefficient (Wildman–Crippen LogP) is 3.71. The second-order valence-corrected chi connectivity index (χ2v) is 7.84. The molecule has 3 aromatic rings. The molecule has 170 valence electrons. The van der Waals surface area contributed by atoms with Gasteiger partial charge in [0.1, 0.15) is 12.3 Å². The standard InChI is InChI=1S/C24H24N4O5/c1-28(12-6-11-22(29)30)23(31)20-13-21(27-26-20)25-24(32)33-14-19-17-9-4-2-7-15(17)16-8-3-5-10-18(16)19/h2-5,7-10,13,19H,6,11-12,14H2,1H3,(H,29,30)(H2,25,26,27,32). The van der Waals surface area contributed by atoms with Gasteiger partial charge in [0.2, 0.25) is 0 Å². The van der Waals surface area contributed by atoms with Gasteiger partial charge in [0.15, 0.2) is 5.82 Å². The van der Waals surface area contributed by atoms with Crippen LogP contribution in [0.2, 0.25) is 0 Å².